The van der Waals surface area contributed by atoms with Crippen LogP contribution in [0.3, 0.4) is 0 Å². The minimum Gasteiger partial charge on any atom is -0.480 e. The van der Waals surface area contributed by atoms with E-state index in [2.05, 4.69) is 21.4 Å². The lowest BCUT2D eigenvalue weighted by Gasteiger charge is -2.30. The number of nitrogens with zero attached hydrogens (tertiary/aromatic N) is 3. The van der Waals surface area contributed by atoms with Crippen molar-refractivity contribution in [3.05, 3.63) is 18.2 Å². The first-order valence-electron chi connectivity index (χ1n) is 7.18. The Morgan fingerprint density at radius 3 is 2.95 bits per heavy atom. The van der Waals surface area contributed by atoms with Crippen LogP contribution in [-0.2, 0) is 17.9 Å². The molecule has 106 valence electrons. The van der Waals surface area contributed by atoms with Crippen molar-refractivity contribution in [3.8, 4) is 0 Å². The van der Waals surface area contributed by atoms with Crippen molar-refractivity contribution in [1.82, 2.24) is 14.5 Å². The van der Waals surface area contributed by atoms with E-state index in [0.29, 0.717) is 6.54 Å². The Morgan fingerprint density at radius 2 is 2.21 bits per heavy atom. The molecule has 0 spiro atoms. The lowest BCUT2D eigenvalue weighted by atomic mass is 10.0. The number of carboxylic acid groups (broad SMARTS) is 1. The monoisotopic (exact) mass is 265 g/mol. The van der Waals surface area contributed by atoms with Gasteiger partial charge in [-0.05, 0) is 26.3 Å². The summed E-state index contributed by atoms with van der Waals surface area (Å²) in [6.07, 6.45) is 8.89. The van der Waals surface area contributed by atoms with Gasteiger partial charge in [0.25, 0.3) is 0 Å². The molecular formula is C14H23N3O2. The summed E-state index contributed by atoms with van der Waals surface area (Å²) >= 11 is 0. The number of carboxylic acids is 1. The van der Waals surface area contributed by atoms with Gasteiger partial charge in [-0.3, -0.25) is 9.69 Å². The number of aromatic nitrogens is 2. The molecular weight excluding hydrogens is 242 g/mol. The van der Waals surface area contributed by atoms with E-state index in [-0.39, 0.29) is 6.04 Å². The van der Waals surface area contributed by atoms with Crippen molar-refractivity contribution >= 4 is 5.97 Å². The van der Waals surface area contributed by atoms with Gasteiger partial charge in [0.05, 0.1) is 12.0 Å². The molecule has 1 fully saturated rings. The molecule has 0 aliphatic carbocycles. The van der Waals surface area contributed by atoms with Crippen molar-refractivity contribution in [2.75, 3.05) is 6.54 Å². The predicted molar refractivity (Wildman–Crippen MR) is 72.8 cm³/mol. The van der Waals surface area contributed by atoms with Gasteiger partial charge >= 0.3 is 5.97 Å². The predicted octanol–water partition coefficient (Wildman–Crippen LogP) is 2.12. The van der Waals surface area contributed by atoms with E-state index < -0.39 is 5.97 Å². The largest absolute Gasteiger partial charge is 0.480 e. The van der Waals surface area contributed by atoms with Crippen LogP contribution in [0.25, 0.3) is 0 Å². The number of hydrogen-bond acceptors (Lipinski definition) is 3. The molecule has 1 aliphatic heterocycles. The summed E-state index contributed by atoms with van der Waals surface area (Å²) in [5.74, 6) is -0.690. The van der Waals surface area contributed by atoms with Crippen LogP contribution in [-0.4, -0.2) is 38.1 Å². The third-order valence-electron chi connectivity index (χ3n) is 3.90. The molecule has 5 nitrogen and oxygen atoms in total. The summed E-state index contributed by atoms with van der Waals surface area (Å²) in [7, 11) is 0. The SMILES string of the molecule is CCn1cncc1CN1CCCCCCC1C(=O)O. The van der Waals surface area contributed by atoms with Crippen molar-refractivity contribution in [1.29, 1.82) is 0 Å². The molecule has 0 aromatic carbocycles. The first-order valence-corrected chi connectivity index (χ1v) is 7.18. The van der Waals surface area contributed by atoms with Gasteiger partial charge in [0.15, 0.2) is 0 Å². The highest BCUT2D eigenvalue weighted by atomic mass is 16.4. The number of aryl methyl sites for hydroxylation is 1. The van der Waals surface area contributed by atoms with Crippen LogP contribution in [0.4, 0.5) is 0 Å². The van der Waals surface area contributed by atoms with Crippen LogP contribution in [0.5, 0.6) is 0 Å². The van der Waals surface area contributed by atoms with Crippen LogP contribution in [0.1, 0.15) is 44.7 Å². The van der Waals surface area contributed by atoms with E-state index in [9.17, 15) is 9.90 Å². The molecule has 1 atom stereocenters. The second-order valence-electron chi connectivity index (χ2n) is 5.20. The molecule has 0 saturated carbocycles. The highest BCUT2D eigenvalue weighted by Crippen LogP contribution is 2.19. The molecule has 1 aromatic rings. The molecule has 1 aliphatic rings. The molecule has 0 radical (unpaired) electrons. The zero-order valence-electron chi connectivity index (χ0n) is 11.6. The van der Waals surface area contributed by atoms with Gasteiger partial charge in [-0.25, -0.2) is 4.98 Å². The maximum absolute atomic E-state index is 11.4. The lowest BCUT2D eigenvalue weighted by Crippen LogP contribution is -2.42. The van der Waals surface area contributed by atoms with Gasteiger partial charge < -0.3 is 9.67 Å². The Labute approximate surface area is 114 Å². The summed E-state index contributed by atoms with van der Waals surface area (Å²) in [6, 6.07) is -0.347. The fourth-order valence-electron chi connectivity index (χ4n) is 2.79. The van der Waals surface area contributed by atoms with E-state index in [0.717, 1.165) is 44.5 Å². The Balaban J connectivity index is 2.10. The van der Waals surface area contributed by atoms with E-state index >= 15 is 0 Å². The summed E-state index contributed by atoms with van der Waals surface area (Å²) in [4.78, 5) is 17.7. The average molecular weight is 265 g/mol. The maximum atomic E-state index is 11.4. The maximum Gasteiger partial charge on any atom is 0.320 e. The Kier molecular flexibility index (Phi) is 4.96. The molecule has 19 heavy (non-hydrogen) atoms. The molecule has 5 heteroatoms. The number of hydrogen-bond donors (Lipinski definition) is 1. The summed E-state index contributed by atoms with van der Waals surface area (Å²) in [5, 5.41) is 9.42. The minimum atomic E-state index is -0.690. The second-order valence-corrected chi connectivity index (χ2v) is 5.20. The van der Waals surface area contributed by atoms with Crippen LogP contribution in [0, 0.1) is 0 Å². The molecule has 0 amide bonds. The van der Waals surface area contributed by atoms with Crippen molar-refractivity contribution < 1.29 is 9.90 Å². The molecule has 2 rings (SSSR count). The number of carbonyl (C=O) groups is 1. The third kappa shape index (κ3) is 3.56. The summed E-state index contributed by atoms with van der Waals surface area (Å²) in [6.45, 7) is 4.50. The van der Waals surface area contributed by atoms with Gasteiger partial charge in [0, 0.05) is 19.3 Å². The zero-order valence-corrected chi connectivity index (χ0v) is 11.6. The van der Waals surface area contributed by atoms with Crippen molar-refractivity contribution in [3.63, 3.8) is 0 Å². The normalized spacial score (nSPS) is 21.8. The van der Waals surface area contributed by atoms with Crippen molar-refractivity contribution in [2.24, 2.45) is 0 Å². The van der Waals surface area contributed by atoms with Crippen LogP contribution in [0.2, 0.25) is 0 Å². The summed E-state index contributed by atoms with van der Waals surface area (Å²) < 4.78 is 2.08. The molecule has 1 saturated heterocycles. The Hall–Kier alpha value is -1.36. The van der Waals surface area contributed by atoms with Crippen molar-refractivity contribution in [2.45, 2.75) is 58.2 Å². The highest BCUT2D eigenvalue weighted by Gasteiger charge is 2.26. The number of imidazole rings is 1. The quantitative estimate of drug-likeness (QED) is 0.906. The molecule has 1 N–H and O–H groups in total. The lowest BCUT2D eigenvalue weighted by molar-refractivity contribution is -0.144. The molecule has 1 aromatic heterocycles. The highest BCUT2D eigenvalue weighted by molar-refractivity contribution is 5.73. The minimum absolute atomic E-state index is 0.347. The third-order valence-corrected chi connectivity index (χ3v) is 3.90. The number of aliphatic carboxylic acids is 1. The standard InChI is InChI=1S/C14H23N3O2/c1-2-16-11-15-9-12(16)10-17-8-6-4-3-5-7-13(17)14(18)19/h9,11,13H,2-8,10H2,1H3,(H,18,19). The topological polar surface area (TPSA) is 58.4 Å². The van der Waals surface area contributed by atoms with Gasteiger partial charge in [0.1, 0.15) is 6.04 Å². The van der Waals surface area contributed by atoms with Gasteiger partial charge in [-0.15, -0.1) is 0 Å². The Bertz CT molecular complexity index is 417. The van der Waals surface area contributed by atoms with Gasteiger partial charge in [-0.1, -0.05) is 19.3 Å². The fourth-order valence-corrected chi connectivity index (χ4v) is 2.79. The van der Waals surface area contributed by atoms with E-state index in [1.54, 1.807) is 0 Å². The number of rotatable bonds is 4. The second kappa shape index (κ2) is 6.70. The Morgan fingerprint density at radius 1 is 1.42 bits per heavy atom. The number of likely N-dealkylation sites (tertiary alicyclic amines) is 1. The van der Waals surface area contributed by atoms with Gasteiger partial charge in [0.2, 0.25) is 0 Å². The van der Waals surface area contributed by atoms with E-state index in [1.807, 2.05) is 12.5 Å². The van der Waals surface area contributed by atoms with Gasteiger partial charge in [-0.2, -0.15) is 0 Å². The average Bonchev–Trinajstić information content (AvgIpc) is 2.79. The van der Waals surface area contributed by atoms with Crippen LogP contribution >= 0.6 is 0 Å². The molecule has 2 heterocycles. The smallest absolute Gasteiger partial charge is 0.320 e. The summed E-state index contributed by atoms with van der Waals surface area (Å²) in [5.41, 5.74) is 1.11. The molecule has 1 unspecified atom stereocenters. The molecule has 0 bridgehead atoms. The van der Waals surface area contributed by atoms with E-state index in [4.69, 9.17) is 0 Å². The van der Waals surface area contributed by atoms with Crippen LogP contribution in [0.15, 0.2) is 12.5 Å². The first kappa shape index (κ1) is 14.1. The zero-order chi connectivity index (χ0) is 13.7. The van der Waals surface area contributed by atoms with Crippen LogP contribution < -0.4 is 0 Å². The van der Waals surface area contributed by atoms with E-state index in [1.165, 1.54) is 6.42 Å². The fraction of sp³-hybridized carbons (Fsp3) is 0.714. The first-order chi connectivity index (χ1) is 9.22.